The van der Waals surface area contributed by atoms with Gasteiger partial charge in [-0.2, -0.15) is 0 Å². The van der Waals surface area contributed by atoms with Gasteiger partial charge in [0.1, 0.15) is 18.2 Å². The number of aromatic nitrogens is 1. The number of benzene rings is 3. The monoisotopic (exact) mass is 572 g/mol. The lowest BCUT2D eigenvalue weighted by Gasteiger charge is -2.65. The molecular weight excluding hydrogens is 522 g/mol. The Hall–Kier alpha value is -3.39. The van der Waals surface area contributed by atoms with Gasteiger partial charge in [-0.25, -0.2) is 4.57 Å². The van der Waals surface area contributed by atoms with E-state index in [2.05, 4.69) is 162 Å². The number of hydrogen-bond donors (Lipinski definition) is 0. The Labute approximate surface area is 259 Å². The molecule has 0 saturated carbocycles. The molecule has 2 heteroatoms. The zero-order chi connectivity index (χ0) is 31.5. The molecule has 1 aliphatic rings. The second kappa shape index (κ2) is 9.07. The minimum Gasteiger partial charge on any atom is -0.454 e. The fourth-order valence-corrected chi connectivity index (χ4v) is 8.06. The van der Waals surface area contributed by atoms with Crippen molar-refractivity contribution in [2.75, 3.05) is 0 Å². The standard InChI is InChI=1S/C41H50NO/c1-25-20-21-29-28-18-16-17-27(35(28)43-36(29)33(25)32-19-14-15-22-42(32)13)26-23-30(37(2,3)4)34-31(24-26)38(5,6)40(9,10)41(11,12)39(34,7)8/h14-24H,1-13H3/q+1. The fraction of sp³-hybridized carbons (Fsp3) is 0.439. The zero-order valence-electron chi connectivity index (χ0n) is 28.7. The van der Waals surface area contributed by atoms with Crippen LogP contribution in [0.15, 0.2) is 71.3 Å². The van der Waals surface area contributed by atoms with E-state index in [0.29, 0.717) is 0 Å². The highest BCUT2D eigenvalue weighted by Crippen LogP contribution is 2.67. The van der Waals surface area contributed by atoms with E-state index in [4.69, 9.17) is 4.42 Å². The van der Waals surface area contributed by atoms with Crippen LogP contribution in [0, 0.1) is 17.8 Å². The molecule has 43 heavy (non-hydrogen) atoms. The Bertz CT molecular complexity index is 1920. The number of para-hydroxylation sites is 1. The lowest BCUT2D eigenvalue weighted by Crippen LogP contribution is -2.60. The van der Waals surface area contributed by atoms with Crippen molar-refractivity contribution < 1.29 is 8.98 Å². The molecule has 0 atom stereocenters. The van der Waals surface area contributed by atoms with E-state index in [1.54, 1.807) is 0 Å². The molecule has 5 aromatic rings. The Morgan fingerprint density at radius 1 is 0.698 bits per heavy atom. The van der Waals surface area contributed by atoms with Crippen molar-refractivity contribution in [2.45, 2.75) is 99.3 Å². The van der Waals surface area contributed by atoms with Crippen molar-refractivity contribution >= 4 is 21.9 Å². The van der Waals surface area contributed by atoms with Crippen LogP contribution in [0.3, 0.4) is 0 Å². The zero-order valence-corrected chi connectivity index (χ0v) is 28.7. The van der Waals surface area contributed by atoms with Crippen molar-refractivity contribution in [2.24, 2.45) is 17.9 Å². The Balaban J connectivity index is 1.71. The Morgan fingerprint density at radius 3 is 2.00 bits per heavy atom. The minimum atomic E-state index is -0.0362. The van der Waals surface area contributed by atoms with E-state index in [0.717, 1.165) is 22.4 Å². The normalized spacial score (nSPS) is 18.6. The lowest BCUT2D eigenvalue weighted by atomic mass is 9.39. The van der Waals surface area contributed by atoms with Gasteiger partial charge in [0.05, 0.1) is 5.56 Å². The number of rotatable bonds is 2. The molecule has 6 rings (SSSR count). The SMILES string of the molecule is Cc1ccc2c(oc3c(-c4cc(C(C)(C)C)c5c(c4)C(C)(C)C(C)(C)C(C)(C)C5(C)C)cccc32)c1-c1cccc[n+]1C. The van der Waals surface area contributed by atoms with Crippen molar-refractivity contribution in [3.05, 3.63) is 89.1 Å². The highest BCUT2D eigenvalue weighted by Gasteiger charge is 2.61. The van der Waals surface area contributed by atoms with Crippen LogP contribution in [0.25, 0.3) is 44.3 Å². The largest absolute Gasteiger partial charge is 0.454 e. The van der Waals surface area contributed by atoms with Gasteiger partial charge in [0.25, 0.3) is 0 Å². The molecule has 0 spiro atoms. The first-order valence-electron chi connectivity index (χ1n) is 15.9. The molecule has 0 saturated heterocycles. The third-order valence-corrected chi connectivity index (χ3v) is 12.4. The Morgan fingerprint density at radius 2 is 1.35 bits per heavy atom. The van der Waals surface area contributed by atoms with Crippen molar-refractivity contribution in [1.29, 1.82) is 0 Å². The molecule has 0 radical (unpaired) electrons. The summed E-state index contributed by atoms with van der Waals surface area (Å²) in [5, 5.41) is 2.34. The van der Waals surface area contributed by atoms with Crippen LogP contribution in [0.2, 0.25) is 0 Å². The van der Waals surface area contributed by atoms with Crippen LogP contribution < -0.4 is 4.57 Å². The summed E-state index contributed by atoms with van der Waals surface area (Å²) in [7, 11) is 2.11. The van der Waals surface area contributed by atoms with Gasteiger partial charge in [-0.15, -0.1) is 0 Å². The van der Waals surface area contributed by atoms with Gasteiger partial charge in [-0.05, 0) is 67.9 Å². The first-order valence-corrected chi connectivity index (χ1v) is 15.9. The lowest BCUT2D eigenvalue weighted by molar-refractivity contribution is -0.660. The van der Waals surface area contributed by atoms with Crippen LogP contribution >= 0.6 is 0 Å². The highest BCUT2D eigenvalue weighted by atomic mass is 16.3. The van der Waals surface area contributed by atoms with E-state index < -0.39 is 0 Å². The molecule has 224 valence electrons. The number of hydrogen-bond acceptors (Lipinski definition) is 1. The van der Waals surface area contributed by atoms with Gasteiger partial charge >= 0.3 is 0 Å². The second-order valence-corrected chi connectivity index (χ2v) is 16.3. The molecule has 2 nitrogen and oxygen atoms in total. The van der Waals surface area contributed by atoms with Gasteiger partial charge in [0.2, 0.25) is 5.69 Å². The molecule has 0 aliphatic heterocycles. The smallest absolute Gasteiger partial charge is 0.216 e. The summed E-state index contributed by atoms with van der Waals surface area (Å²) in [4.78, 5) is 0. The van der Waals surface area contributed by atoms with Gasteiger partial charge in [0.15, 0.2) is 6.20 Å². The number of pyridine rings is 1. The summed E-state index contributed by atoms with van der Waals surface area (Å²) < 4.78 is 9.17. The predicted molar refractivity (Wildman–Crippen MR) is 183 cm³/mol. The average molecular weight is 573 g/mol. The summed E-state index contributed by atoms with van der Waals surface area (Å²) in [5.74, 6) is 0. The van der Waals surface area contributed by atoms with Gasteiger partial charge in [-0.3, -0.25) is 0 Å². The summed E-state index contributed by atoms with van der Waals surface area (Å²) in [6, 6.07) is 22.5. The molecule has 0 amide bonds. The quantitative estimate of drug-likeness (QED) is 0.192. The molecule has 2 heterocycles. The molecule has 2 aromatic heterocycles. The number of fused-ring (bicyclic) bond motifs is 4. The first kappa shape index (κ1) is 29.7. The third-order valence-electron chi connectivity index (χ3n) is 12.4. The topological polar surface area (TPSA) is 17.0 Å². The summed E-state index contributed by atoms with van der Waals surface area (Å²) in [5.41, 5.74) is 12.4. The maximum atomic E-state index is 6.98. The molecule has 3 aromatic carbocycles. The first-order chi connectivity index (χ1) is 19.8. The van der Waals surface area contributed by atoms with Crippen LogP contribution in [-0.4, -0.2) is 0 Å². The third kappa shape index (κ3) is 3.87. The van der Waals surface area contributed by atoms with Gasteiger partial charge in [-0.1, -0.05) is 119 Å². The number of nitrogens with zero attached hydrogens (tertiary/aromatic N) is 1. The van der Waals surface area contributed by atoms with E-state index in [-0.39, 0.29) is 27.1 Å². The second-order valence-electron chi connectivity index (χ2n) is 16.3. The number of aryl methyl sites for hydroxylation is 2. The maximum absolute atomic E-state index is 6.98. The van der Waals surface area contributed by atoms with Crippen LogP contribution in [0.5, 0.6) is 0 Å². The molecular formula is C41H50NO+. The van der Waals surface area contributed by atoms with E-state index in [9.17, 15) is 0 Å². The summed E-state index contributed by atoms with van der Waals surface area (Å²) in [6.07, 6.45) is 2.11. The van der Waals surface area contributed by atoms with Crippen molar-refractivity contribution in [1.82, 2.24) is 0 Å². The minimum absolute atomic E-state index is 0.00843. The maximum Gasteiger partial charge on any atom is 0.216 e. The van der Waals surface area contributed by atoms with E-state index >= 15 is 0 Å². The van der Waals surface area contributed by atoms with Crippen LogP contribution in [0.1, 0.15) is 98.4 Å². The molecule has 0 unspecified atom stereocenters. The highest BCUT2D eigenvalue weighted by molar-refractivity contribution is 6.13. The average Bonchev–Trinajstić information content (AvgIpc) is 3.30. The summed E-state index contributed by atoms with van der Waals surface area (Å²) >= 11 is 0. The van der Waals surface area contributed by atoms with E-state index in [1.807, 2.05) is 0 Å². The fourth-order valence-electron chi connectivity index (χ4n) is 8.06. The molecule has 1 aliphatic carbocycles. The molecule has 0 fully saturated rings. The number of furan rings is 1. The van der Waals surface area contributed by atoms with Crippen LogP contribution in [0.4, 0.5) is 0 Å². The molecule has 0 N–H and O–H groups in total. The predicted octanol–water partition coefficient (Wildman–Crippen LogP) is 11.0. The molecule has 0 bridgehead atoms. The van der Waals surface area contributed by atoms with Crippen molar-refractivity contribution in [3.63, 3.8) is 0 Å². The van der Waals surface area contributed by atoms with Gasteiger partial charge < -0.3 is 4.42 Å². The Kier molecular flexibility index (Phi) is 6.26. The summed E-state index contributed by atoms with van der Waals surface area (Å²) in [6.45, 7) is 29.1. The van der Waals surface area contributed by atoms with Crippen LogP contribution in [-0.2, 0) is 23.3 Å². The van der Waals surface area contributed by atoms with Crippen molar-refractivity contribution in [3.8, 4) is 22.4 Å². The van der Waals surface area contributed by atoms with Gasteiger partial charge in [0, 0.05) is 28.5 Å². The van der Waals surface area contributed by atoms with E-state index in [1.165, 1.54) is 44.2 Å².